The van der Waals surface area contributed by atoms with Crippen molar-refractivity contribution < 1.29 is 9.53 Å². The minimum Gasteiger partial charge on any atom is -0.494 e. The van der Waals surface area contributed by atoms with Gasteiger partial charge in [0.25, 0.3) is 0 Å². The van der Waals surface area contributed by atoms with Crippen molar-refractivity contribution in [3.8, 4) is 17.1 Å². The van der Waals surface area contributed by atoms with Crippen molar-refractivity contribution in [2.45, 2.75) is 65.1 Å². The number of amides is 1. The second kappa shape index (κ2) is 8.29. The number of ether oxygens (including phenoxy) is 1. The lowest BCUT2D eigenvalue weighted by Crippen LogP contribution is -2.48. The Morgan fingerprint density at radius 3 is 2.54 bits per heavy atom. The summed E-state index contributed by atoms with van der Waals surface area (Å²) < 4.78 is 5.58. The molecule has 1 aliphatic rings. The van der Waals surface area contributed by atoms with E-state index < -0.39 is 0 Å². The Morgan fingerprint density at radius 2 is 1.88 bits per heavy atom. The largest absolute Gasteiger partial charge is 0.494 e. The van der Waals surface area contributed by atoms with Crippen LogP contribution in [0.2, 0.25) is 0 Å². The van der Waals surface area contributed by atoms with Crippen molar-refractivity contribution >= 4 is 5.91 Å². The van der Waals surface area contributed by atoms with Crippen molar-refractivity contribution in [2.75, 3.05) is 6.61 Å². The first-order valence-electron chi connectivity index (χ1n) is 9.40. The van der Waals surface area contributed by atoms with Crippen LogP contribution in [0.4, 0.5) is 0 Å². The van der Waals surface area contributed by atoms with E-state index in [4.69, 9.17) is 4.74 Å². The van der Waals surface area contributed by atoms with Crippen LogP contribution in [-0.2, 0) is 11.3 Å². The molecule has 1 amide bonds. The topological polar surface area (TPSA) is 73.1 Å². The first-order valence-corrected chi connectivity index (χ1v) is 9.40. The van der Waals surface area contributed by atoms with Crippen LogP contribution in [0.5, 0.6) is 5.75 Å². The molecule has 0 unspecified atom stereocenters. The van der Waals surface area contributed by atoms with Gasteiger partial charge in [-0.05, 0) is 69.0 Å². The smallest absolute Gasteiger partial charge is 0.246 e. The van der Waals surface area contributed by atoms with Gasteiger partial charge in [-0.3, -0.25) is 4.79 Å². The molecule has 3 rings (SSSR count). The van der Waals surface area contributed by atoms with Gasteiger partial charge in [-0.1, -0.05) is 6.92 Å². The summed E-state index contributed by atoms with van der Waals surface area (Å²) in [5, 5.41) is 12.5. The molecule has 0 aliphatic carbocycles. The van der Waals surface area contributed by atoms with Crippen LogP contribution in [0.3, 0.4) is 0 Å². The van der Waals surface area contributed by atoms with Crippen LogP contribution in [0.25, 0.3) is 11.4 Å². The number of nitrogens with zero attached hydrogens (tertiary/aromatic N) is 5. The van der Waals surface area contributed by atoms with Crippen LogP contribution in [0.15, 0.2) is 24.3 Å². The Labute approximate surface area is 154 Å². The molecule has 2 atom stereocenters. The number of benzene rings is 1. The molecule has 7 heteroatoms. The van der Waals surface area contributed by atoms with Crippen molar-refractivity contribution in [3.05, 3.63) is 24.3 Å². The Morgan fingerprint density at radius 1 is 1.19 bits per heavy atom. The highest BCUT2D eigenvalue weighted by atomic mass is 16.5. The first-order chi connectivity index (χ1) is 12.6. The van der Waals surface area contributed by atoms with E-state index in [-0.39, 0.29) is 24.5 Å². The van der Waals surface area contributed by atoms with Gasteiger partial charge < -0.3 is 9.64 Å². The van der Waals surface area contributed by atoms with Gasteiger partial charge in [0.15, 0.2) is 0 Å². The highest BCUT2D eigenvalue weighted by Crippen LogP contribution is 2.23. The van der Waals surface area contributed by atoms with Gasteiger partial charge in [0.05, 0.1) is 6.61 Å². The van der Waals surface area contributed by atoms with E-state index in [0.29, 0.717) is 12.4 Å². The van der Waals surface area contributed by atoms with Crippen LogP contribution >= 0.6 is 0 Å². The summed E-state index contributed by atoms with van der Waals surface area (Å²) in [6.45, 7) is 7.11. The van der Waals surface area contributed by atoms with Crippen molar-refractivity contribution in [1.29, 1.82) is 0 Å². The lowest BCUT2D eigenvalue weighted by Gasteiger charge is -2.38. The summed E-state index contributed by atoms with van der Waals surface area (Å²) in [5.41, 5.74) is 0.854. The molecule has 26 heavy (non-hydrogen) atoms. The summed E-state index contributed by atoms with van der Waals surface area (Å²) in [5.74, 6) is 1.39. The van der Waals surface area contributed by atoms with Gasteiger partial charge in [-0.15, -0.1) is 10.2 Å². The molecule has 0 saturated carbocycles. The maximum absolute atomic E-state index is 12.7. The average molecular weight is 357 g/mol. The minimum absolute atomic E-state index is 0.0527. The number of carbonyl (C=O) groups excluding carboxylic acids is 1. The zero-order chi connectivity index (χ0) is 18.5. The molecule has 0 spiro atoms. The van der Waals surface area contributed by atoms with Gasteiger partial charge in [0.1, 0.15) is 12.3 Å². The maximum atomic E-state index is 12.7. The normalized spacial score (nSPS) is 20.2. The third-order valence-electron chi connectivity index (χ3n) is 4.80. The van der Waals surface area contributed by atoms with Gasteiger partial charge in [-0.25, -0.2) is 0 Å². The molecular formula is C19H27N5O2. The summed E-state index contributed by atoms with van der Waals surface area (Å²) in [6.07, 6.45) is 4.26. The van der Waals surface area contributed by atoms with E-state index in [9.17, 15) is 4.79 Å². The van der Waals surface area contributed by atoms with Gasteiger partial charge >= 0.3 is 0 Å². The molecule has 1 fully saturated rings. The lowest BCUT2D eigenvalue weighted by atomic mass is 9.97. The van der Waals surface area contributed by atoms with E-state index in [2.05, 4.69) is 36.2 Å². The highest BCUT2D eigenvalue weighted by molar-refractivity contribution is 5.76. The standard InChI is InChI=1S/C19H27N5O2/c1-4-12-26-17-10-8-16(9-11-17)19-20-22-23(21-19)13-18(25)24-14(2)6-5-7-15(24)3/h8-11,14-15H,4-7,12-13H2,1-3H3/t14-,15+. The molecule has 0 N–H and O–H groups in total. The molecule has 0 radical (unpaired) electrons. The Hall–Kier alpha value is -2.44. The SMILES string of the molecule is CCCOc1ccc(-c2nnn(CC(=O)N3[C@H](C)CCC[C@@H]3C)n2)cc1. The number of hydrogen-bond acceptors (Lipinski definition) is 5. The number of hydrogen-bond donors (Lipinski definition) is 0. The summed E-state index contributed by atoms with van der Waals surface area (Å²) in [7, 11) is 0. The molecule has 1 aliphatic heterocycles. The number of likely N-dealkylation sites (tertiary alicyclic amines) is 1. The lowest BCUT2D eigenvalue weighted by molar-refractivity contribution is -0.138. The van der Waals surface area contributed by atoms with Gasteiger partial charge in [0.2, 0.25) is 11.7 Å². The molecule has 1 aromatic carbocycles. The predicted molar refractivity (Wildman–Crippen MR) is 98.7 cm³/mol. The molecule has 1 saturated heterocycles. The molecule has 140 valence electrons. The third-order valence-corrected chi connectivity index (χ3v) is 4.80. The van der Waals surface area contributed by atoms with Crippen LogP contribution in [-0.4, -0.2) is 49.7 Å². The van der Waals surface area contributed by atoms with Crippen LogP contribution in [0, 0.1) is 0 Å². The molecule has 0 bridgehead atoms. The second-order valence-corrected chi connectivity index (χ2v) is 6.95. The van der Waals surface area contributed by atoms with Crippen molar-refractivity contribution in [1.82, 2.24) is 25.1 Å². The molecule has 2 heterocycles. The van der Waals surface area contributed by atoms with Crippen molar-refractivity contribution in [2.24, 2.45) is 0 Å². The number of carbonyl (C=O) groups is 1. The number of tetrazole rings is 1. The quantitative estimate of drug-likeness (QED) is 0.795. The number of aromatic nitrogens is 4. The molecule has 7 nitrogen and oxygen atoms in total. The molecular weight excluding hydrogens is 330 g/mol. The van der Waals surface area contributed by atoms with E-state index in [1.807, 2.05) is 29.2 Å². The molecule has 2 aromatic rings. The average Bonchev–Trinajstić information content (AvgIpc) is 3.08. The maximum Gasteiger partial charge on any atom is 0.246 e. The third kappa shape index (κ3) is 4.20. The minimum atomic E-state index is 0.0527. The Bertz CT molecular complexity index is 718. The fourth-order valence-electron chi connectivity index (χ4n) is 3.46. The zero-order valence-corrected chi connectivity index (χ0v) is 15.8. The number of rotatable bonds is 6. The van der Waals surface area contributed by atoms with Crippen LogP contribution < -0.4 is 4.74 Å². The second-order valence-electron chi connectivity index (χ2n) is 6.95. The Balaban J connectivity index is 1.65. The van der Waals surface area contributed by atoms with Crippen molar-refractivity contribution in [3.63, 3.8) is 0 Å². The summed E-state index contributed by atoms with van der Waals surface area (Å²) in [6, 6.07) is 8.14. The fourth-order valence-corrected chi connectivity index (χ4v) is 3.46. The predicted octanol–water partition coefficient (Wildman–Crippen LogP) is 2.92. The van der Waals surface area contributed by atoms with E-state index >= 15 is 0 Å². The first kappa shape index (κ1) is 18.4. The van der Waals surface area contributed by atoms with E-state index in [0.717, 1.165) is 30.6 Å². The fraction of sp³-hybridized carbons (Fsp3) is 0.579. The molecule has 1 aromatic heterocycles. The monoisotopic (exact) mass is 357 g/mol. The van der Waals surface area contributed by atoms with Gasteiger partial charge in [0, 0.05) is 17.6 Å². The summed E-state index contributed by atoms with van der Waals surface area (Å²) >= 11 is 0. The van der Waals surface area contributed by atoms with E-state index in [1.54, 1.807) is 0 Å². The van der Waals surface area contributed by atoms with Gasteiger partial charge in [-0.2, -0.15) is 4.80 Å². The Kier molecular flexibility index (Phi) is 5.85. The number of piperidine rings is 1. The zero-order valence-electron chi connectivity index (χ0n) is 15.8. The highest BCUT2D eigenvalue weighted by Gasteiger charge is 2.29. The summed E-state index contributed by atoms with van der Waals surface area (Å²) in [4.78, 5) is 16.0. The van der Waals surface area contributed by atoms with Crippen LogP contribution in [0.1, 0.15) is 46.5 Å². The van der Waals surface area contributed by atoms with E-state index in [1.165, 1.54) is 11.2 Å².